The Morgan fingerprint density at radius 2 is 2.18 bits per heavy atom. The highest BCUT2D eigenvalue weighted by Crippen LogP contribution is 2.55. The molecule has 0 aromatic carbocycles. The van der Waals surface area contributed by atoms with Gasteiger partial charge in [-0.05, 0) is 50.1 Å². The maximum absolute atomic E-state index is 6.21. The van der Waals surface area contributed by atoms with Gasteiger partial charge in [0.25, 0.3) is 0 Å². The fraction of sp³-hybridized carbons (Fsp3) is 0.714. The number of halogens is 2. The maximum atomic E-state index is 6.21. The molecule has 3 unspecified atom stereocenters. The average Bonchev–Trinajstić information content (AvgIpc) is 2.78. The van der Waals surface area contributed by atoms with Gasteiger partial charge in [-0.3, -0.25) is 0 Å². The van der Waals surface area contributed by atoms with E-state index >= 15 is 0 Å². The zero-order valence-corrected chi connectivity index (χ0v) is 11.7. The Bertz CT molecular complexity index is 399. The van der Waals surface area contributed by atoms with Crippen LogP contribution in [0.1, 0.15) is 32.6 Å². The summed E-state index contributed by atoms with van der Waals surface area (Å²) in [7, 11) is 0. The van der Waals surface area contributed by atoms with E-state index in [9.17, 15) is 0 Å². The first-order valence-corrected chi connectivity index (χ1v) is 7.33. The minimum Gasteiger partial charge on any atom is -0.316 e. The Morgan fingerprint density at radius 3 is 2.94 bits per heavy atom. The van der Waals surface area contributed by atoms with E-state index in [0.717, 1.165) is 41.3 Å². The van der Waals surface area contributed by atoms with E-state index < -0.39 is 0 Å². The lowest BCUT2D eigenvalue weighted by Gasteiger charge is -2.34. The second-order valence-corrected chi connectivity index (χ2v) is 6.81. The molecule has 1 N–H and O–H groups in total. The molecule has 3 heteroatoms. The first-order valence-electron chi connectivity index (χ1n) is 6.58. The number of allylic oxidation sites excluding steroid dienone is 3. The molecular formula is C14H19Cl2N. The quantitative estimate of drug-likeness (QED) is 0.760. The van der Waals surface area contributed by atoms with Crippen LogP contribution in [0.2, 0.25) is 0 Å². The molecule has 0 radical (unpaired) electrons. The Morgan fingerprint density at radius 1 is 1.35 bits per heavy atom. The smallest absolute Gasteiger partial charge is 0.0550 e. The van der Waals surface area contributed by atoms with Crippen molar-refractivity contribution in [3.63, 3.8) is 0 Å². The summed E-state index contributed by atoms with van der Waals surface area (Å²) in [5.41, 5.74) is 1.93. The van der Waals surface area contributed by atoms with Crippen LogP contribution in [0.3, 0.4) is 0 Å². The topological polar surface area (TPSA) is 12.0 Å². The summed E-state index contributed by atoms with van der Waals surface area (Å²) in [6.07, 6.45) is 6.86. The average molecular weight is 272 g/mol. The third-order valence-corrected chi connectivity index (χ3v) is 5.65. The van der Waals surface area contributed by atoms with Crippen molar-refractivity contribution in [1.82, 2.24) is 5.32 Å². The van der Waals surface area contributed by atoms with Crippen LogP contribution >= 0.6 is 23.2 Å². The van der Waals surface area contributed by atoms with Crippen LogP contribution in [0, 0.1) is 17.3 Å². The van der Waals surface area contributed by atoms with E-state index in [4.69, 9.17) is 23.2 Å². The van der Waals surface area contributed by atoms with Crippen LogP contribution in [0.15, 0.2) is 21.7 Å². The van der Waals surface area contributed by atoms with Gasteiger partial charge in [0.1, 0.15) is 0 Å². The summed E-state index contributed by atoms with van der Waals surface area (Å²) in [6, 6.07) is 0. The molecule has 3 aliphatic rings. The van der Waals surface area contributed by atoms with E-state index in [1.807, 2.05) is 0 Å². The lowest BCUT2D eigenvalue weighted by atomic mass is 9.71. The van der Waals surface area contributed by atoms with Gasteiger partial charge in [-0.2, -0.15) is 0 Å². The van der Waals surface area contributed by atoms with Crippen molar-refractivity contribution in [2.24, 2.45) is 17.3 Å². The molecule has 1 aliphatic heterocycles. The molecular weight excluding hydrogens is 253 g/mol. The molecule has 1 nitrogen and oxygen atoms in total. The summed E-state index contributed by atoms with van der Waals surface area (Å²) < 4.78 is 0. The molecule has 1 heterocycles. The molecule has 0 aromatic rings. The van der Waals surface area contributed by atoms with Crippen LogP contribution in [0.5, 0.6) is 0 Å². The van der Waals surface area contributed by atoms with Crippen LogP contribution in [-0.2, 0) is 0 Å². The molecule has 2 aliphatic carbocycles. The van der Waals surface area contributed by atoms with Crippen molar-refractivity contribution in [2.45, 2.75) is 32.6 Å². The van der Waals surface area contributed by atoms with Gasteiger partial charge in [0.2, 0.25) is 0 Å². The Balaban J connectivity index is 1.96. The highest BCUT2D eigenvalue weighted by molar-refractivity contribution is 6.40. The molecule has 3 atom stereocenters. The predicted molar refractivity (Wildman–Crippen MR) is 73.2 cm³/mol. The van der Waals surface area contributed by atoms with Gasteiger partial charge >= 0.3 is 0 Å². The molecule has 1 saturated heterocycles. The first-order chi connectivity index (χ1) is 8.12. The molecule has 0 aromatic heterocycles. The van der Waals surface area contributed by atoms with Crippen molar-refractivity contribution in [3.8, 4) is 0 Å². The predicted octanol–water partition coefficient (Wildman–Crippen LogP) is 4.03. The maximum Gasteiger partial charge on any atom is 0.0550 e. The van der Waals surface area contributed by atoms with Gasteiger partial charge in [-0.1, -0.05) is 35.7 Å². The molecule has 0 bridgehead atoms. The van der Waals surface area contributed by atoms with Crippen LogP contribution < -0.4 is 5.32 Å². The molecule has 17 heavy (non-hydrogen) atoms. The third-order valence-electron chi connectivity index (χ3n) is 4.83. The molecule has 1 saturated carbocycles. The summed E-state index contributed by atoms with van der Waals surface area (Å²) >= 11 is 12.3. The number of nitrogens with one attached hydrogen (secondary N) is 1. The fourth-order valence-electron chi connectivity index (χ4n) is 4.11. The van der Waals surface area contributed by atoms with Crippen LogP contribution in [-0.4, -0.2) is 13.1 Å². The van der Waals surface area contributed by atoms with Gasteiger partial charge in [0, 0.05) is 17.0 Å². The van der Waals surface area contributed by atoms with Crippen molar-refractivity contribution in [3.05, 3.63) is 21.7 Å². The molecule has 0 amide bonds. The minimum absolute atomic E-state index is 0.386. The second kappa shape index (κ2) is 4.29. The van der Waals surface area contributed by atoms with Gasteiger partial charge in [0.15, 0.2) is 0 Å². The van der Waals surface area contributed by atoms with E-state index in [2.05, 4.69) is 18.3 Å². The third kappa shape index (κ3) is 1.87. The Kier molecular flexibility index (Phi) is 3.05. The van der Waals surface area contributed by atoms with Crippen molar-refractivity contribution < 1.29 is 0 Å². The Hall–Kier alpha value is 0.0200. The van der Waals surface area contributed by atoms with Crippen molar-refractivity contribution in [1.29, 1.82) is 0 Å². The standard InChI is InChI=1S/C14H19Cl2N/c1-9-4-11-7-17-8-14(11,6-9)10-2-3-12(15)13(16)5-10/h5,9,11,17H,2-4,6-8H2,1H3. The first kappa shape index (κ1) is 12.1. The summed E-state index contributed by atoms with van der Waals surface area (Å²) in [4.78, 5) is 0. The SMILES string of the molecule is CC1CC2CNCC2(C2=CC(Cl)=C(Cl)CC2)C1. The Labute approximate surface area is 113 Å². The number of rotatable bonds is 1. The zero-order chi connectivity index (χ0) is 12.0. The lowest BCUT2D eigenvalue weighted by Crippen LogP contribution is -2.29. The zero-order valence-electron chi connectivity index (χ0n) is 10.2. The van der Waals surface area contributed by atoms with E-state index in [0.29, 0.717) is 5.41 Å². The molecule has 0 spiro atoms. The monoisotopic (exact) mass is 271 g/mol. The van der Waals surface area contributed by atoms with Crippen LogP contribution in [0.4, 0.5) is 0 Å². The fourth-order valence-corrected chi connectivity index (χ4v) is 4.49. The molecule has 2 fully saturated rings. The minimum atomic E-state index is 0.386. The van der Waals surface area contributed by atoms with Gasteiger partial charge < -0.3 is 5.32 Å². The van der Waals surface area contributed by atoms with Crippen molar-refractivity contribution >= 4 is 23.2 Å². The van der Waals surface area contributed by atoms with Crippen LogP contribution in [0.25, 0.3) is 0 Å². The number of hydrogen-bond acceptors (Lipinski definition) is 1. The largest absolute Gasteiger partial charge is 0.316 e. The number of fused-ring (bicyclic) bond motifs is 1. The number of hydrogen-bond donors (Lipinski definition) is 1. The molecule has 3 rings (SSSR count). The summed E-state index contributed by atoms with van der Waals surface area (Å²) in [6.45, 7) is 4.69. The highest BCUT2D eigenvalue weighted by Gasteiger charge is 2.50. The van der Waals surface area contributed by atoms with Gasteiger partial charge in [-0.15, -0.1) is 0 Å². The van der Waals surface area contributed by atoms with E-state index in [1.54, 1.807) is 5.57 Å². The van der Waals surface area contributed by atoms with E-state index in [1.165, 1.54) is 19.4 Å². The summed E-state index contributed by atoms with van der Waals surface area (Å²) in [5.74, 6) is 1.66. The highest BCUT2D eigenvalue weighted by atomic mass is 35.5. The van der Waals surface area contributed by atoms with E-state index in [-0.39, 0.29) is 0 Å². The van der Waals surface area contributed by atoms with Crippen molar-refractivity contribution in [2.75, 3.05) is 13.1 Å². The summed E-state index contributed by atoms with van der Waals surface area (Å²) in [5, 5.41) is 5.18. The lowest BCUT2D eigenvalue weighted by molar-refractivity contribution is 0.319. The second-order valence-electron chi connectivity index (χ2n) is 5.95. The van der Waals surface area contributed by atoms with Gasteiger partial charge in [0.05, 0.1) is 5.03 Å². The molecule has 94 valence electrons. The van der Waals surface area contributed by atoms with Gasteiger partial charge in [-0.25, -0.2) is 0 Å². The normalized spacial score (nSPS) is 41.7.